The molecule has 0 aliphatic heterocycles. The zero-order valence-electron chi connectivity index (χ0n) is 8.54. The van der Waals surface area contributed by atoms with Crippen LogP contribution < -0.4 is 11.1 Å². The van der Waals surface area contributed by atoms with Crippen molar-refractivity contribution in [2.75, 3.05) is 5.32 Å². The van der Waals surface area contributed by atoms with Crippen molar-refractivity contribution in [3.8, 4) is 0 Å². The SMILES string of the molecule is NC(=O)c1cn[nH]c1NC(=O)c1cnccn1. The van der Waals surface area contributed by atoms with Crippen molar-refractivity contribution in [3.05, 3.63) is 36.0 Å². The largest absolute Gasteiger partial charge is 0.365 e. The predicted molar refractivity (Wildman–Crippen MR) is 57.1 cm³/mol. The first kappa shape index (κ1) is 10.7. The Morgan fingerprint density at radius 3 is 2.76 bits per heavy atom. The monoisotopic (exact) mass is 232 g/mol. The lowest BCUT2D eigenvalue weighted by Gasteiger charge is -2.02. The standard InChI is InChI=1S/C9H8N6O2/c10-7(16)5-3-13-15-8(5)14-9(17)6-4-11-1-2-12-6/h1-4H,(H2,10,16)(H2,13,14,15,17). The molecule has 0 unspecified atom stereocenters. The first-order chi connectivity index (χ1) is 8.18. The van der Waals surface area contributed by atoms with E-state index in [0.717, 1.165) is 0 Å². The van der Waals surface area contributed by atoms with E-state index < -0.39 is 11.8 Å². The summed E-state index contributed by atoms with van der Waals surface area (Å²) < 4.78 is 0. The summed E-state index contributed by atoms with van der Waals surface area (Å²) in [6.45, 7) is 0. The zero-order chi connectivity index (χ0) is 12.3. The molecule has 0 aliphatic rings. The van der Waals surface area contributed by atoms with Crippen LogP contribution in [-0.2, 0) is 0 Å². The first-order valence-electron chi connectivity index (χ1n) is 4.59. The normalized spacial score (nSPS) is 9.88. The molecular formula is C9H8N6O2. The molecule has 8 heteroatoms. The molecule has 0 atom stereocenters. The number of hydrogen-bond donors (Lipinski definition) is 3. The molecule has 2 rings (SSSR count). The van der Waals surface area contributed by atoms with Gasteiger partial charge in [0.15, 0.2) is 0 Å². The highest BCUT2D eigenvalue weighted by atomic mass is 16.2. The molecule has 0 bridgehead atoms. The first-order valence-corrected chi connectivity index (χ1v) is 4.59. The van der Waals surface area contributed by atoms with E-state index in [1.54, 1.807) is 0 Å². The van der Waals surface area contributed by atoms with Crippen LogP contribution in [0, 0.1) is 0 Å². The van der Waals surface area contributed by atoms with E-state index in [2.05, 4.69) is 25.5 Å². The van der Waals surface area contributed by atoms with Gasteiger partial charge in [0.1, 0.15) is 17.1 Å². The summed E-state index contributed by atoms with van der Waals surface area (Å²) in [4.78, 5) is 30.2. The number of nitrogens with two attached hydrogens (primary N) is 1. The number of aromatic nitrogens is 4. The fourth-order valence-corrected chi connectivity index (χ4v) is 1.16. The van der Waals surface area contributed by atoms with Gasteiger partial charge in [0.05, 0.1) is 12.4 Å². The van der Waals surface area contributed by atoms with Crippen molar-refractivity contribution < 1.29 is 9.59 Å². The lowest BCUT2D eigenvalue weighted by Crippen LogP contribution is -2.18. The van der Waals surface area contributed by atoms with Gasteiger partial charge in [-0.15, -0.1) is 0 Å². The van der Waals surface area contributed by atoms with Gasteiger partial charge < -0.3 is 11.1 Å². The van der Waals surface area contributed by atoms with E-state index in [1.165, 1.54) is 24.8 Å². The third kappa shape index (κ3) is 2.25. The summed E-state index contributed by atoms with van der Waals surface area (Å²) in [6, 6.07) is 0. The number of H-pyrrole nitrogens is 1. The van der Waals surface area contributed by atoms with E-state index in [0.29, 0.717) is 0 Å². The number of primary amides is 1. The lowest BCUT2D eigenvalue weighted by molar-refractivity contribution is 0.100. The minimum atomic E-state index is -0.687. The Kier molecular flexibility index (Phi) is 2.77. The average Bonchev–Trinajstić information content (AvgIpc) is 2.78. The van der Waals surface area contributed by atoms with Gasteiger partial charge >= 0.3 is 0 Å². The highest BCUT2D eigenvalue weighted by Crippen LogP contribution is 2.10. The molecule has 86 valence electrons. The Balaban J connectivity index is 2.19. The fourth-order valence-electron chi connectivity index (χ4n) is 1.16. The Morgan fingerprint density at radius 2 is 2.12 bits per heavy atom. The van der Waals surface area contributed by atoms with Crippen molar-refractivity contribution in [3.63, 3.8) is 0 Å². The summed E-state index contributed by atoms with van der Waals surface area (Å²) >= 11 is 0. The van der Waals surface area contributed by atoms with E-state index >= 15 is 0 Å². The van der Waals surface area contributed by atoms with Gasteiger partial charge in [0.25, 0.3) is 11.8 Å². The van der Waals surface area contributed by atoms with Crippen molar-refractivity contribution in [1.82, 2.24) is 20.2 Å². The van der Waals surface area contributed by atoms with Crippen molar-refractivity contribution in [2.24, 2.45) is 5.73 Å². The number of aromatic amines is 1. The fraction of sp³-hybridized carbons (Fsp3) is 0. The molecule has 0 fully saturated rings. The second-order valence-corrected chi connectivity index (χ2v) is 3.07. The molecule has 0 spiro atoms. The third-order valence-electron chi connectivity index (χ3n) is 1.94. The van der Waals surface area contributed by atoms with Crippen molar-refractivity contribution in [1.29, 1.82) is 0 Å². The molecule has 0 radical (unpaired) electrons. The Bertz CT molecular complexity index is 550. The van der Waals surface area contributed by atoms with Crippen molar-refractivity contribution in [2.45, 2.75) is 0 Å². The minimum Gasteiger partial charge on any atom is -0.365 e. The van der Waals surface area contributed by atoms with Crippen molar-refractivity contribution >= 4 is 17.6 Å². The number of nitrogens with one attached hydrogen (secondary N) is 2. The Morgan fingerprint density at radius 1 is 1.29 bits per heavy atom. The van der Waals surface area contributed by atoms with Gasteiger partial charge in [-0.05, 0) is 0 Å². The highest BCUT2D eigenvalue weighted by Gasteiger charge is 2.14. The van der Waals surface area contributed by atoms with Gasteiger partial charge in [-0.3, -0.25) is 19.7 Å². The molecule has 4 N–H and O–H groups in total. The summed E-state index contributed by atoms with van der Waals surface area (Å²) in [7, 11) is 0. The number of nitrogens with zero attached hydrogens (tertiary/aromatic N) is 3. The van der Waals surface area contributed by atoms with Gasteiger partial charge in [-0.2, -0.15) is 5.10 Å². The van der Waals surface area contributed by atoms with E-state index in [-0.39, 0.29) is 17.1 Å². The van der Waals surface area contributed by atoms with Crippen LogP contribution in [0.2, 0.25) is 0 Å². The molecule has 0 saturated carbocycles. The second kappa shape index (κ2) is 4.39. The number of carbonyl (C=O) groups is 2. The predicted octanol–water partition coefficient (Wildman–Crippen LogP) is -0.449. The molecule has 0 aromatic carbocycles. The second-order valence-electron chi connectivity index (χ2n) is 3.07. The summed E-state index contributed by atoms with van der Waals surface area (Å²) in [5.41, 5.74) is 5.32. The number of amides is 2. The van der Waals surface area contributed by atoms with Crippen LogP contribution in [0.25, 0.3) is 0 Å². The molecule has 8 nitrogen and oxygen atoms in total. The quantitative estimate of drug-likeness (QED) is 0.660. The maximum atomic E-state index is 11.7. The molecule has 17 heavy (non-hydrogen) atoms. The van der Waals surface area contributed by atoms with Crippen LogP contribution >= 0.6 is 0 Å². The van der Waals surface area contributed by atoms with Gasteiger partial charge in [-0.1, -0.05) is 0 Å². The maximum absolute atomic E-state index is 11.7. The lowest BCUT2D eigenvalue weighted by atomic mass is 10.3. The number of anilines is 1. The minimum absolute atomic E-state index is 0.0993. The molecule has 2 aromatic heterocycles. The summed E-state index contributed by atoms with van der Waals surface area (Å²) in [6.07, 6.45) is 5.36. The molecule has 2 heterocycles. The molecule has 0 saturated heterocycles. The smallest absolute Gasteiger partial charge is 0.277 e. The van der Waals surface area contributed by atoms with Crippen LogP contribution in [0.15, 0.2) is 24.8 Å². The number of hydrogen-bond acceptors (Lipinski definition) is 5. The summed E-state index contributed by atoms with van der Waals surface area (Å²) in [5, 5.41) is 8.50. The maximum Gasteiger partial charge on any atom is 0.277 e. The Hall–Kier alpha value is -2.77. The molecule has 2 aromatic rings. The highest BCUT2D eigenvalue weighted by molar-refractivity contribution is 6.06. The van der Waals surface area contributed by atoms with Gasteiger partial charge in [0, 0.05) is 12.4 Å². The summed E-state index contributed by atoms with van der Waals surface area (Å²) in [5.74, 6) is -1.06. The molecular weight excluding hydrogens is 224 g/mol. The van der Waals surface area contributed by atoms with Crippen LogP contribution in [0.5, 0.6) is 0 Å². The molecule has 2 amide bonds. The third-order valence-corrected chi connectivity index (χ3v) is 1.94. The van der Waals surface area contributed by atoms with E-state index in [1.807, 2.05) is 0 Å². The van der Waals surface area contributed by atoms with E-state index in [9.17, 15) is 9.59 Å². The number of carbonyl (C=O) groups excluding carboxylic acids is 2. The number of rotatable bonds is 3. The molecule has 0 aliphatic carbocycles. The van der Waals surface area contributed by atoms with Gasteiger partial charge in [0.2, 0.25) is 0 Å². The average molecular weight is 232 g/mol. The van der Waals surface area contributed by atoms with E-state index in [4.69, 9.17) is 5.73 Å². The van der Waals surface area contributed by atoms with Crippen LogP contribution in [0.4, 0.5) is 5.82 Å². The van der Waals surface area contributed by atoms with Gasteiger partial charge in [-0.25, -0.2) is 4.98 Å². The topological polar surface area (TPSA) is 127 Å². The zero-order valence-corrected chi connectivity index (χ0v) is 8.54. The van der Waals surface area contributed by atoms with Crippen LogP contribution in [0.1, 0.15) is 20.8 Å². The van der Waals surface area contributed by atoms with Crippen LogP contribution in [0.3, 0.4) is 0 Å². The Labute approximate surface area is 95.3 Å². The van der Waals surface area contributed by atoms with Crippen LogP contribution in [-0.4, -0.2) is 32.0 Å².